The van der Waals surface area contributed by atoms with Crippen molar-refractivity contribution in [2.45, 2.75) is 45.3 Å². The van der Waals surface area contributed by atoms with Gasteiger partial charge in [-0.2, -0.15) is 0 Å². The first-order valence-corrected chi connectivity index (χ1v) is 14.9. The Balaban J connectivity index is 1.34. The van der Waals surface area contributed by atoms with Gasteiger partial charge in [0.2, 0.25) is 5.78 Å². The van der Waals surface area contributed by atoms with Crippen molar-refractivity contribution in [3.05, 3.63) is 99.3 Å². The van der Waals surface area contributed by atoms with E-state index in [1.54, 1.807) is 13.8 Å². The summed E-state index contributed by atoms with van der Waals surface area (Å²) >= 11 is 0. The molecule has 44 heavy (non-hydrogen) atoms. The summed E-state index contributed by atoms with van der Waals surface area (Å²) in [5.74, 6) is -7.66. The van der Waals surface area contributed by atoms with Crippen molar-refractivity contribution in [2.24, 2.45) is 29.4 Å². The van der Waals surface area contributed by atoms with E-state index in [-0.39, 0.29) is 35.6 Å². The lowest BCUT2D eigenvalue weighted by Gasteiger charge is -2.50. The Hall–Kier alpha value is -4.47. The molecule has 0 aromatic heterocycles. The topological polar surface area (TPSA) is 170 Å². The Morgan fingerprint density at radius 3 is 2.45 bits per heavy atom. The molecule has 6 rings (SSSR count). The van der Waals surface area contributed by atoms with Crippen LogP contribution < -0.4 is 11.1 Å². The van der Waals surface area contributed by atoms with E-state index in [0.717, 1.165) is 17.7 Å². The fourth-order valence-electron chi connectivity index (χ4n) is 7.64. The summed E-state index contributed by atoms with van der Waals surface area (Å²) in [6.07, 6.45) is 5.11. The third-order valence-corrected chi connectivity index (χ3v) is 9.66. The number of carbonyl (C=O) groups excluding carboxylic acids is 3. The lowest BCUT2D eigenvalue weighted by molar-refractivity contribution is -0.155. The highest BCUT2D eigenvalue weighted by molar-refractivity contribution is 6.23. The van der Waals surface area contributed by atoms with Crippen molar-refractivity contribution < 1.29 is 34.8 Å². The molecule has 0 saturated heterocycles. The highest BCUT2D eigenvalue weighted by Gasteiger charge is 2.64. The summed E-state index contributed by atoms with van der Waals surface area (Å²) in [6.45, 7) is 4.92. The molecule has 1 saturated carbocycles. The Kier molecular flexibility index (Phi) is 7.34. The van der Waals surface area contributed by atoms with Crippen LogP contribution in [0.25, 0.3) is 11.3 Å². The maximum Gasteiger partial charge on any atom is 0.255 e. The molecule has 4 aliphatic rings. The van der Waals surface area contributed by atoms with Gasteiger partial charge in [-0.05, 0) is 59.4 Å². The number of fused-ring (bicyclic) bond motifs is 3. The van der Waals surface area contributed by atoms with E-state index >= 15 is 0 Å². The van der Waals surface area contributed by atoms with E-state index in [1.165, 1.54) is 17.2 Å². The number of amides is 1. The van der Waals surface area contributed by atoms with Crippen LogP contribution in [0.2, 0.25) is 0 Å². The Labute approximate surface area is 255 Å². The van der Waals surface area contributed by atoms with E-state index in [4.69, 9.17) is 5.73 Å². The third-order valence-electron chi connectivity index (χ3n) is 9.66. The summed E-state index contributed by atoms with van der Waals surface area (Å²) in [5, 5.41) is 48.7. The molecule has 4 atom stereocenters. The van der Waals surface area contributed by atoms with Crippen LogP contribution in [0.1, 0.15) is 48.9 Å². The van der Waals surface area contributed by atoms with Gasteiger partial charge in [0, 0.05) is 30.5 Å². The molecule has 4 aliphatic carbocycles. The summed E-state index contributed by atoms with van der Waals surface area (Å²) < 4.78 is 0. The van der Waals surface area contributed by atoms with Gasteiger partial charge in [-0.1, -0.05) is 68.0 Å². The van der Waals surface area contributed by atoms with Gasteiger partial charge in [-0.25, -0.2) is 0 Å². The number of aromatic hydroxyl groups is 1. The summed E-state index contributed by atoms with van der Waals surface area (Å²) in [5.41, 5.74) is 6.86. The standard InChI is InChI=1S/C35H36N2O7/c1-17(2)26-24-14-21-13-23-22(20-9-8-19(12-20)16-37-15-18-6-4-3-5-7-18)10-11-25(38)28(23)31(40)27(21)32(41)35(24,44)33(42)29(30(26)39)34(36)43/h3-11,17,21,24,26,37-38,40,42,44H,12-16H2,1-2H3,(H2,36,43)/t21-,24-,26-,35-/m0/s1. The number of hydrogen-bond donors (Lipinski definition) is 6. The minimum atomic E-state index is -2.61. The Bertz CT molecular complexity index is 1720. The lowest BCUT2D eigenvalue weighted by atomic mass is 9.54. The molecular weight excluding hydrogens is 560 g/mol. The number of nitrogens with one attached hydrogen (secondary N) is 1. The van der Waals surface area contributed by atoms with Gasteiger partial charge in [0.15, 0.2) is 11.4 Å². The molecule has 0 spiro atoms. The summed E-state index contributed by atoms with van der Waals surface area (Å²) in [4.78, 5) is 39.6. The van der Waals surface area contributed by atoms with Crippen LogP contribution in [-0.4, -0.2) is 50.0 Å². The zero-order valence-corrected chi connectivity index (χ0v) is 24.6. The molecule has 0 bridgehead atoms. The minimum Gasteiger partial charge on any atom is -0.508 e. The second-order valence-electron chi connectivity index (χ2n) is 12.6. The maximum atomic E-state index is 14.1. The zero-order chi connectivity index (χ0) is 31.5. The number of allylic oxidation sites excluding steroid dienone is 3. The number of rotatable bonds is 7. The van der Waals surface area contributed by atoms with Gasteiger partial charge < -0.3 is 31.5 Å². The third kappa shape index (κ3) is 4.50. The number of hydrogen-bond acceptors (Lipinski definition) is 8. The average molecular weight is 597 g/mol. The zero-order valence-electron chi connectivity index (χ0n) is 24.6. The van der Waals surface area contributed by atoms with Crippen molar-refractivity contribution >= 4 is 28.8 Å². The smallest absolute Gasteiger partial charge is 0.255 e. The predicted octanol–water partition coefficient (Wildman–Crippen LogP) is 3.81. The van der Waals surface area contributed by atoms with E-state index in [0.29, 0.717) is 18.5 Å². The lowest BCUT2D eigenvalue weighted by Crippen LogP contribution is -2.62. The van der Waals surface area contributed by atoms with Crippen LogP contribution in [0.3, 0.4) is 0 Å². The molecule has 0 radical (unpaired) electrons. The number of ketones is 2. The van der Waals surface area contributed by atoms with Crippen LogP contribution in [0.4, 0.5) is 0 Å². The van der Waals surface area contributed by atoms with E-state index < -0.39 is 57.9 Å². The largest absolute Gasteiger partial charge is 0.508 e. The number of carbonyl (C=O) groups is 3. The fourth-order valence-corrected chi connectivity index (χ4v) is 7.64. The van der Waals surface area contributed by atoms with Gasteiger partial charge in [-0.15, -0.1) is 0 Å². The summed E-state index contributed by atoms with van der Waals surface area (Å²) in [7, 11) is 0. The molecule has 9 nitrogen and oxygen atoms in total. The van der Waals surface area contributed by atoms with Gasteiger partial charge >= 0.3 is 0 Å². The van der Waals surface area contributed by atoms with Crippen molar-refractivity contribution in [1.82, 2.24) is 5.32 Å². The van der Waals surface area contributed by atoms with Crippen LogP contribution in [-0.2, 0) is 27.3 Å². The quantitative estimate of drug-likeness (QED) is 0.262. The second-order valence-corrected chi connectivity index (χ2v) is 12.6. The molecule has 7 N–H and O–H groups in total. The van der Waals surface area contributed by atoms with E-state index in [9.17, 15) is 34.8 Å². The van der Waals surface area contributed by atoms with Crippen molar-refractivity contribution in [3.63, 3.8) is 0 Å². The molecule has 1 fully saturated rings. The number of aliphatic hydroxyl groups excluding tert-OH is 2. The first kappa shape index (κ1) is 29.6. The fraction of sp³-hybridized carbons (Fsp3) is 0.343. The second kappa shape index (κ2) is 10.9. The van der Waals surface area contributed by atoms with Crippen LogP contribution >= 0.6 is 0 Å². The number of aliphatic hydroxyl groups is 3. The molecule has 9 heteroatoms. The maximum absolute atomic E-state index is 14.1. The molecule has 2 aromatic carbocycles. The predicted molar refractivity (Wildman–Crippen MR) is 164 cm³/mol. The molecule has 0 unspecified atom stereocenters. The van der Waals surface area contributed by atoms with Gasteiger partial charge in [0.25, 0.3) is 5.91 Å². The van der Waals surface area contributed by atoms with Gasteiger partial charge in [0.1, 0.15) is 22.8 Å². The Morgan fingerprint density at radius 2 is 1.77 bits per heavy atom. The molecule has 0 aliphatic heterocycles. The molecule has 0 heterocycles. The SMILES string of the molecule is CC(C)[C@@H]1C(=O)C(C(N)=O)=C(O)[C@@]2(O)C(=O)C3=C(O)c4c(O)ccc(C5=CC=C(CNCc6ccccc6)C5)c4C[C@H]3C[C@@H]12. The van der Waals surface area contributed by atoms with Crippen LogP contribution in [0.15, 0.2) is 77.1 Å². The normalized spacial score (nSPS) is 26.3. The highest BCUT2D eigenvalue weighted by Crippen LogP contribution is 2.55. The van der Waals surface area contributed by atoms with Crippen molar-refractivity contribution in [3.8, 4) is 5.75 Å². The molecule has 228 valence electrons. The molecular formula is C35H36N2O7. The number of nitrogens with two attached hydrogens (primary N) is 1. The van der Waals surface area contributed by atoms with Gasteiger partial charge in [0.05, 0.1) is 5.56 Å². The molecule has 1 amide bonds. The van der Waals surface area contributed by atoms with Crippen molar-refractivity contribution in [1.29, 1.82) is 0 Å². The average Bonchev–Trinajstić information content (AvgIpc) is 3.44. The van der Waals surface area contributed by atoms with E-state index in [1.807, 2.05) is 30.3 Å². The monoisotopic (exact) mass is 596 g/mol. The van der Waals surface area contributed by atoms with Crippen LogP contribution in [0.5, 0.6) is 5.75 Å². The number of primary amides is 1. The van der Waals surface area contributed by atoms with Gasteiger partial charge in [-0.3, -0.25) is 14.4 Å². The first-order valence-electron chi connectivity index (χ1n) is 14.9. The minimum absolute atomic E-state index is 0.0901. The summed E-state index contributed by atoms with van der Waals surface area (Å²) in [6, 6.07) is 13.4. The highest BCUT2D eigenvalue weighted by atomic mass is 16.3. The first-order chi connectivity index (χ1) is 20.9. The Morgan fingerprint density at radius 1 is 1.05 bits per heavy atom. The number of benzene rings is 2. The molecule has 2 aromatic rings. The van der Waals surface area contributed by atoms with E-state index in [2.05, 4.69) is 23.5 Å². The number of Topliss-reactive ketones (excluding diaryl/α,β-unsaturated/α-hetero) is 2. The van der Waals surface area contributed by atoms with Crippen molar-refractivity contribution in [2.75, 3.05) is 6.54 Å². The number of phenolic OH excluding ortho intramolecular Hbond substituents is 1. The van der Waals surface area contributed by atoms with Crippen LogP contribution in [0, 0.1) is 23.7 Å². The number of phenols is 1.